The Kier molecular flexibility index (Phi) is 4.47. The van der Waals surface area contributed by atoms with Crippen LogP contribution in [0.2, 0.25) is 0 Å². The lowest BCUT2D eigenvalue weighted by Crippen LogP contribution is -2.00. The Morgan fingerprint density at radius 3 is 1.81 bits per heavy atom. The van der Waals surface area contributed by atoms with Gasteiger partial charge in [-0.25, -0.2) is 9.97 Å². The molecule has 3 heteroatoms. The predicted molar refractivity (Wildman–Crippen MR) is 108 cm³/mol. The molecule has 0 atom stereocenters. The molecular weight excluding hydrogens is 330 g/mol. The van der Waals surface area contributed by atoms with Gasteiger partial charge in [-0.2, -0.15) is 5.26 Å². The lowest BCUT2D eigenvalue weighted by Gasteiger charge is -2.14. The fourth-order valence-electron chi connectivity index (χ4n) is 3.12. The van der Waals surface area contributed by atoms with E-state index in [0.717, 1.165) is 39.5 Å². The van der Waals surface area contributed by atoms with E-state index >= 15 is 0 Å². The van der Waals surface area contributed by atoms with E-state index in [1.807, 2.05) is 85.8 Å². The molecule has 0 aliphatic rings. The summed E-state index contributed by atoms with van der Waals surface area (Å²) in [5.74, 6) is 0. The minimum atomic E-state index is 0.609. The molecule has 0 spiro atoms. The van der Waals surface area contributed by atoms with Crippen LogP contribution in [0.3, 0.4) is 0 Å². The van der Waals surface area contributed by atoms with E-state index in [1.165, 1.54) is 0 Å². The van der Waals surface area contributed by atoms with Crippen molar-refractivity contribution in [2.45, 2.75) is 6.92 Å². The van der Waals surface area contributed by atoms with E-state index < -0.39 is 0 Å². The average Bonchev–Trinajstić information content (AvgIpc) is 2.75. The van der Waals surface area contributed by atoms with E-state index in [4.69, 9.17) is 9.97 Å². The molecule has 0 saturated carbocycles. The molecule has 4 aromatic rings. The highest BCUT2D eigenvalue weighted by Gasteiger charge is 2.16. The van der Waals surface area contributed by atoms with Gasteiger partial charge in [-0.3, -0.25) is 0 Å². The fourth-order valence-corrected chi connectivity index (χ4v) is 3.12. The molecule has 3 nitrogen and oxygen atoms in total. The van der Waals surface area contributed by atoms with Crippen LogP contribution in [0.25, 0.3) is 33.8 Å². The first kappa shape index (κ1) is 16.7. The molecule has 0 bridgehead atoms. The molecule has 0 fully saturated rings. The third-order valence-electron chi connectivity index (χ3n) is 4.43. The van der Waals surface area contributed by atoms with Crippen molar-refractivity contribution in [3.05, 3.63) is 96.2 Å². The third-order valence-corrected chi connectivity index (χ3v) is 4.43. The zero-order valence-electron chi connectivity index (χ0n) is 14.9. The molecule has 27 heavy (non-hydrogen) atoms. The largest absolute Gasteiger partial charge is 0.249 e. The molecule has 1 heterocycles. The lowest BCUT2D eigenvalue weighted by atomic mass is 10.0. The Bertz CT molecular complexity index is 1130. The minimum absolute atomic E-state index is 0.609. The average molecular weight is 347 g/mol. The van der Waals surface area contributed by atoms with E-state index in [9.17, 15) is 5.26 Å². The van der Waals surface area contributed by atoms with Gasteiger partial charge >= 0.3 is 0 Å². The Labute approximate surface area is 158 Å². The van der Waals surface area contributed by atoms with Gasteiger partial charge < -0.3 is 0 Å². The van der Waals surface area contributed by atoms with Crippen LogP contribution in [-0.2, 0) is 0 Å². The summed E-state index contributed by atoms with van der Waals surface area (Å²) in [5.41, 5.74) is 6.87. The zero-order valence-corrected chi connectivity index (χ0v) is 14.9. The molecule has 0 radical (unpaired) electrons. The maximum absolute atomic E-state index is 9.26. The molecular formula is C24H17N3. The highest BCUT2D eigenvalue weighted by Crippen LogP contribution is 2.33. The monoisotopic (exact) mass is 347 g/mol. The maximum Gasteiger partial charge on any atom is 0.0991 e. The van der Waals surface area contributed by atoms with Gasteiger partial charge in [-0.1, -0.05) is 72.8 Å². The molecule has 0 aliphatic heterocycles. The lowest BCUT2D eigenvalue weighted by molar-refractivity contribution is 1.13. The highest BCUT2D eigenvalue weighted by atomic mass is 14.8. The van der Waals surface area contributed by atoms with Gasteiger partial charge in [0.2, 0.25) is 0 Å². The van der Waals surface area contributed by atoms with Crippen molar-refractivity contribution in [1.82, 2.24) is 9.97 Å². The summed E-state index contributed by atoms with van der Waals surface area (Å²) in [5, 5.41) is 9.26. The topological polar surface area (TPSA) is 49.6 Å². The van der Waals surface area contributed by atoms with Crippen molar-refractivity contribution in [1.29, 1.82) is 5.26 Å². The van der Waals surface area contributed by atoms with Crippen LogP contribution in [0.5, 0.6) is 0 Å². The van der Waals surface area contributed by atoms with Gasteiger partial charge in [0.25, 0.3) is 0 Å². The predicted octanol–water partition coefficient (Wildman–Crippen LogP) is 5.66. The first-order valence-electron chi connectivity index (χ1n) is 8.76. The van der Waals surface area contributed by atoms with Gasteiger partial charge in [-0.15, -0.1) is 0 Å². The van der Waals surface area contributed by atoms with Gasteiger partial charge in [0, 0.05) is 16.7 Å². The maximum atomic E-state index is 9.26. The number of rotatable bonds is 3. The van der Waals surface area contributed by atoms with Crippen molar-refractivity contribution in [3.8, 4) is 39.8 Å². The number of aromatic nitrogens is 2. The quantitative estimate of drug-likeness (QED) is 0.480. The number of hydrogen-bond donors (Lipinski definition) is 0. The van der Waals surface area contributed by atoms with Crippen LogP contribution in [-0.4, -0.2) is 9.97 Å². The Morgan fingerprint density at radius 1 is 0.630 bits per heavy atom. The van der Waals surface area contributed by atoms with Crippen LogP contribution in [0.4, 0.5) is 0 Å². The Balaban J connectivity index is 1.98. The summed E-state index contributed by atoms with van der Waals surface area (Å²) in [7, 11) is 0. The summed E-state index contributed by atoms with van der Waals surface area (Å²) >= 11 is 0. The van der Waals surface area contributed by atoms with E-state index in [-0.39, 0.29) is 0 Å². The van der Waals surface area contributed by atoms with Gasteiger partial charge in [0.1, 0.15) is 0 Å². The van der Waals surface area contributed by atoms with Crippen molar-refractivity contribution in [2.75, 3.05) is 0 Å². The van der Waals surface area contributed by atoms with Crippen LogP contribution >= 0.6 is 0 Å². The van der Waals surface area contributed by atoms with Crippen LogP contribution < -0.4 is 0 Å². The molecule has 0 unspecified atom stereocenters. The smallest absolute Gasteiger partial charge is 0.0991 e. The normalized spacial score (nSPS) is 10.4. The first-order valence-corrected chi connectivity index (χ1v) is 8.76. The number of benzene rings is 3. The van der Waals surface area contributed by atoms with E-state index in [0.29, 0.717) is 5.56 Å². The van der Waals surface area contributed by atoms with Crippen molar-refractivity contribution in [3.63, 3.8) is 0 Å². The first-order chi connectivity index (χ1) is 13.3. The molecule has 1 aromatic heterocycles. The van der Waals surface area contributed by atoms with Gasteiger partial charge in [0.05, 0.1) is 34.4 Å². The molecule has 0 N–H and O–H groups in total. The second kappa shape index (κ2) is 7.23. The highest BCUT2D eigenvalue weighted by molar-refractivity contribution is 5.81. The number of aryl methyl sites for hydroxylation is 1. The summed E-state index contributed by atoms with van der Waals surface area (Å²) in [6, 6.07) is 29.8. The molecule has 0 aliphatic carbocycles. The molecule has 4 rings (SSSR count). The third kappa shape index (κ3) is 3.33. The zero-order chi connectivity index (χ0) is 18.6. The van der Waals surface area contributed by atoms with Crippen LogP contribution in [0, 0.1) is 18.3 Å². The Morgan fingerprint density at radius 2 is 1.19 bits per heavy atom. The molecule has 128 valence electrons. The summed E-state index contributed by atoms with van der Waals surface area (Å²) in [4.78, 5) is 9.90. The minimum Gasteiger partial charge on any atom is -0.249 e. The summed E-state index contributed by atoms with van der Waals surface area (Å²) in [6.45, 7) is 1.97. The van der Waals surface area contributed by atoms with Crippen molar-refractivity contribution in [2.24, 2.45) is 0 Å². The van der Waals surface area contributed by atoms with E-state index in [1.54, 1.807) is 6.07 Å². The Hall–Kier alpha value is -3.77. The van der Waals surface area contributed by atoms with Gasteiger partial charge in [-0.05, 0) is 19.1 Å². The SMILES string of the molecule is Cc1nc(-c2cccc(C#N)c2)c(-c2ccccc2)nc1-c1ccccc1. The van der Waals surface area contributed by atoms with Crippen LogP contribution in [0.15, 0.2) is 84.9 Å². The summed E-state index contributed by atoms with van der Waals surface area (Å²) < 4.78 is 0. The van der Waals surface area contributed by atoms with Crippen molar-refractivity contribution < 1.29 is 0 Å². The number of hydrogen-bond acceptors (Lipinski definition) is 3. The number of nitrogens with zero attached hydrogens (tertiary/aromatic N) is 3. The molecule has 3 aromatic carbocycles. The fraction of sp³-hybridized carbons (Fsp3) is 0.0417. The second-order valence-electron chi connectivity index (χ2n) is 6.28. The molecule has 0 saturated heterocycles. The summed E-state index contributed by atoms with van der Waals surface area (Å²) in [6.07, 6.45) is 0. The van der Waals surface area contributed by atoms with Crippen molar-refractivity contribution >= 4 is 0 Å². The second-order valence-corrected chi connectivity index (χ2v) is 6.28. The van der Waals surface area contributed by atoms with Gasteiger partial charge in [0.15, 0.2) is 0 Å². The standard InChI is InChI=1S/C24H17N3/c1-17-22(19-10-4-2-5-11-19)27-23(20-12-6-3-7-13-20)24(26-17)21-14-8-9-18(15-21)16-25/h2-15H,1H3. The molecule has 0 amide bonds. The van der Waals surface area contributed by atoms with Crippen LogP contribution in [0.1, 0.15) is 11.3 Å². The number of nitriles is 1. The van der Waals surface area contributed by atoms with E-state index in [2.05, 4.69) is 6.07 Å².